The number of aliphatic hydroxyl groups is 2. The summed E-state index contributed by atoms with van der Waals surface area (Å²) in [7, 11) is 0. The molecule has 0 aromatic heterocycles. The van der Waals surface area contributed by atoms with Gasteiger partial charge in [-0.1, -0.05) is 30.3 Å². The van der Waals surface area contributed by atoms with Crippen molar-refractivity contribution in [2.24, 2.45) is 0 Å². The van der Waals surface area contributed by atoms with Crippen molar-refractivity contribution in [3.05, 3.63) is 42.0 Å². The van der Waals surface area contributed by atoms with E-state index in [4.69, 9.17) is 24.5 Å². The summed E-state index contributed by atoms with van der Waals surface area (Å²) in [5, 5.41) is 35.1. The number of rotatable bonds is 2. The van der Waals surface area contributed by atoms with E-state index >= 15 is 0 Å². The summed E-state index contributed by atoms with van der Waals surface area (Å²) in [6, 6.07) is 10.5. The molecule has 136 valence electrons. The number of aliphatic hydroxyl groups excluding tert-OH is 1. The van der Waals surface area contributed by atoms with Gasteiger partial charge in [0.25, 0.3) is 11.9 Å². The molecule has 0 heterocycles. The van der Waals surface area contributed by atoms with E-state index in [2.05, 4.69) is 0 Å². The molecule has 8 nitrogen and oxygen atoms in total. The second-order valence-electron chi connectivity index (χ2n) is 4.70. The van der Waals surface area contributed by atoms with Gasteiger partial charge in [0.15, 0.2) is 6.29 Å². The minimum absolute atomic E-state index is 0.172. The Hall–Kier alpha value is -2.97. The quantitative estimate of drug-likeness (QED) is 0.365. The number of carboxylic acid groups (broad SMARTS) is 2. The monoisotopic (exact) mass is 352 g/mol. The third-order valence-electron chi connectivity index (χ3n) is 2.44. The van der Waals surface area contributed by atoms with Crippen LogP contribution in [0.25, 0.3) is 10.8 Å². The molecule has 0 amide bonds. The molecule has 0 saturated heterocycles. The van der Waals surface area contributed by atoms with Crippen molar-refractivity contribution in [2.45, 2.75) is 27.1 Å². The predicted octanol–water partition coefficient (Wildman–Crippen LogP) is 1.93. The molecule has 0 fully saturated rings. The molecule has 0 aliphatic carbocycles. The largest absolute Gasteiger partial charge is 0.481 e. The predicted molar refractivity (Wildman–Crippen MR) is 89.1 cm³/mol. The van der Waals surface area contributed by atoms with E-state index in [1.807, 2.05) is 12.1 Å². The Morgan fingerprint density at radius 1 is 0.880 bits per heavy atom. The van der Waals surface area contributed by atoms with Crippen LogP contribution in [0.15, 0.2) is 36.4 Å². The third-order valence-corrected chi connectivity index (χ3v) is 2.44. The zero-order valence-corrected chi connectivity index (χ0v) is 14.0. The van der Waals surface area contributed by atoms with Crippen LogP contribution in [0, 0.1) is 0 Å². The van der Waals surface area contributed by atoms with Crippen LogP contribution in [0.5, 0.6) is 5.75 Å². The van der Waals surface area contributed by atoms with Crippen LogP contribution in [0.3, 0.4) is 0 Å². The van der Waals surface area contributed by atoms with Gasteiger partial charge in [0.05, 0.1) is 5.56 Å². The maximum atomic E-state index is 10.9. The van der Waals surface area contributed by atoms with Crippen molar-refractivity contribution in [1.29, 1.82) is 0 Å². The molecular formula is C17H20O8. The van der Waals surface area contributed by atoms with E-state index in [1.165, 1.54) is 6.92 Å². The van der Waals surface area contributed by atoms with Gasteiger partial charge < -0.3 is 25.2 Å². The minimum Gasteiger partial charge on any atom is -0.481 e. The van der Waals surface area contributed by atoms with E-state index in [1.54, 1.807) is 24.3 Å². The van der Waals surface area contributed by atoms with Crippen LogP contribution >= 0.6 is 0 Å². The molecule has 8 heteroatoms. The summed E-state index contributed by atoms with van der Waals surface area (Å²) in [4.78, 5) is 28.9. The number of aliphatic carboxylic acids is 2. The standard InChI is InChI=1S/C13H12O4.2C2H4O2/c1-8(14)17-11-7-6-9-4-2-3-5-10(9)12(11)13(15)16;2*1-2(3)4/h2-7,13,15-16H,1H3;2*1H3,(H,3,4). The number of ether oxygens (including phenoxy) is 1. The number of fused-ring (bicyclic) bond motifs is 1. The Balaban J connectivity index is 0.000000609. The Kier molecular flexibility index (Phi) is 9.46. The lowest BCUT2D eigenvalue weighted by Gasteiger charge is -2.13. The molecule has 0 saturated carbocycles. The molecule has 25 heavy (non-hydrogen) atoms. The average molecular weight is 352 g/mol. The highest BCUT2D eigenvalue weighted by molar-refractivity contribution is 5.88. The number of benzene rings is 2. The molecule has 2 rings (SSSR count). The second kappa shape index (κ2) is 10.7. The van der Waals surface area contributed by atoms with Gasteiger partial charge in [-0.15, -0.1) is 0 Å². The van der Waals surface area contributed by atoms with Crippen molar-refractivity contribution in [3.8, 4) is 5.75 Å². The van der Waals surface area contributed by atoms with Crippen LogP contribution < -0.4 is 4.74 Å². The Morgan fingerprint density at radius 3 is 1.80 bits per heavy atom. The lowest BCUT2D eigenvalue weighted by Crippen LogP contribution is -2.07. The fourth-order valence-electron chi connectivity index (χ4n) is 1.79. The van der Waals surface area contributed by atoms with Crippen LogP contribution in [0.4, 0.5) is 0 Å². The Morgan fingerprint density at radius 2 is 1.36 bits per heavy atom. The van der Waals surface area contributed by atoms with Crippen molar-refractivity contribution in [1.82, 2.24) is 0 Å². The highest BCUT2D eigenvalue weighted by Gasteiger charge is 2.15. The molecule has 0 bridgehead atoms. The summed E-state index contributed by atoms with van der Waals surface area (Å²) in [6.07, 6.45) is -1.68. The first kappa shape index (κ1) is 22.0. The fourth-order valence-corrected chi connectivity index (χ4v) is 1.79. The second-order valence-corrected chi connectivity index (χ2v) is 4.70. The number of carbonyl (C=O) groups excluding carboxylic acids is 1. The Labute approximate surface area is 143 Å². The van der Waals surface area contributed by atoms with E-state index in [0.717, 1.165) is 19.2 Å². The molecule has 4 N–H and O–H groups in total. The van der Waals surface area contributed by atoms with Gasteiger partial charge in [-0.2, -0.15) is 0 Å². The summed E-state index contributed by atoms with van der Waals surface area (Å²) in [5.41, 5.74) is 0.207. The van der Waals surface area contributed by atoms with Gasteiger partial charge in [0.2, 0.25) is 0 Å². The smallest absolute Gasteiger partial charge is 0.308 e. The van der Waals surface area contributed by atoms with Crippen molar-refractivity contribution in [2.75, 3.05) is 0 Å². The normalized spacial score (nSPS) is 9.36. The van der Waals surface area contributed by atoms with Gasteiger partial charge in [0.1, 0.15) is 5.75 Å². The molecule has 2 aromatic rings. The highest BCUT2D eigenvalue weighted by Crippen LogP contribution is 2.32. The SMILES string of the molecule is CC(=O)O.CC(=O)O.CC(=O)Oc1ccc2ccccc2c1C(O)O. The third kappa shape index (κ3) is 9.04. The maximum absolute atomic E-state index is 10.9. The van der Waals surface area contributed by atoms with Crippen LogP contribution in [-0.4, -0.2) is 38.3 Å². The molecule has 2 aromatic carbocycles. The van der Waals surface area contributed by atoms with Gasteiger partial charge in [-0.3, -0.25) is 14.4 Å². The van der Waals surface area contributed by atoms with Crippen molar-refractivity contribution < 1.29 is 39.5 Å². The first-order valence-corrected chi connectivity index (χ1v) is 7.01. The van der Waals surface area contributed by atoms with Crippen LogP contribution in [0.1, 0.15) is 32.6 Å². The number of hydrogen-bond acceptors (Lipinski definition) is 6. The summed E-state index contributed by atoms with van der Waals surface area (Å²) >= 11 is 0. The summed E-state index contributed by atoms with van der Waals surface area (Å²) in [6.45, 7) is 3.43. The lowest BCUT2D eigenvalue weighted by atomic mass is 10.0. The molecule has 0 spiro atoms. The number of carboxylic acids is 2. The topological polar surface area (TPSA) is 141 Å². The van der Waals surface area contributed by atoms with Crippen molar-refractivity contribution in [3.63, 3.8) is 0 Å². The molecule has 0 atom stereocenters. The van der Waals surface area contributed by atoms with Gasteiger partial charge in [-0.25, -0.2) is 0 Å². The molecular weight excluding hydrogens is 332 g/mol. The summed E-state index contributed by atoms with van der Waals surface area (Å²) < 4.78 is 4.96. The zero-order valence-electron chi connectivity index (χ0n) is 14.0. The average Bonchev–Trinajstić information content (AvgIpc) is 2.44. The number of esters is 1. The van der Waals surface area contributed by atoms with Gasteiger partial charge in [0, 0.05) is 20.8 Å². The number of hydrogen-bond donors (Lipinski definition) is 4. The zero-order chi connectivity index (χ0) is 19.6. The first-order valence-electron chi connectivity index (χ1n) is 7.01. The van der Waals surface area contributed by atoms with Crippen molar-refractivity contribution >= 4 is 28.7 Å². The summed E-state index contributed by atoms with van der Waals surface area (Å²) in [5.74, 6) is -1.99. The first-order chi connectivity index (χ1) is 11.6. The minimum atomic E-state index is -1.68. The van der Waals surface area contributed by atoms with Crippen LogP contribution in [-0.2, 0) is 14.4 Å². The van der Waals surface area contributed by atoms with Gasteiger partial charge >= 0.3 is 5.97 Å². The molecule has 0 aliphatic rings. The highest BCUT2D eigenvalue weighted by atomic mass is 16.5. The molecule has 0 unspecified atom stereocenters. The van der Waals surface area contributed by atoms with E-state index in [9.17, 15) is 15.0 Å². The molecule has 0 aliphatic heterocycles. The fraction of sp³-hybridized carbons (Fsp3) is 0.235. The van der Waals surface area contributed by atoms with E-state index in [0.29, 0.717) is 5.39 Å². The Bertz CT molecular complexity index is 717. The van der Waals surface area contributed by atoms with Crippen LogP contribution in [0.2, 0.25) is 0 Å². The maximum Gasteiger partial charge on any atom is 0.308 e. The van der Waals surface area contributed by atoms with E-state index < -0.39 is 24.2 Å². The van der Waals surface area contributed by atoms with E-state index in [-0.39, 0.29) is 11.3 Å². The van der Waals surface area contributed by atoms with Gasteiger partial charge in [-0.05, 0) is 16.8 Å². The number of carbonyl (C=O) groups is 3. The molecule has 0 radical (unpaired) electrons. The lowest BCUT2D eigenvalue weighted by molar-refractivity contribution is -0.135.